The van der Waals surface area contributed by atoms with Crippen molar-refractivity contribution < 1.29 is 9.90 Å². The number of allylic oxidation sites excluding steroid dienone is 2. The van der Waals surface area contributed by atoms with Crippen LogP contribution in [0, 0.1) is 11.8 Å². The van der Waals surface area contributed by atoms with Crippen LogP contribution in [0.15, 0.2) is 11.6 Å². The Kier molecular flexibility index (Phi) is 2.32. The van der Waals surface area contributed by atoms with Crippen LogP contribution in [0.25, 0.3) is 0 Å². The number of aliphatic carboxylic acids is 1. The van der Waals surface area contributed by atoms with Crippen molar-refractivity contribution in [2.45, 2.75) is 26.7 Å². The Morgan fingerprint density at radius 2 is 2.36 bits per heavy atom. The van der Waals surface area contributed by atoms with Crippen LogP contribution < -0.4 is 0 Å². The van der Waals surface area contributed by atoms with Gasteiger partial charge in [0.1, 0.15) is 0 Å². The molecule has 0 aliphatic heterocycles. The summed E-state index contributed by atoms with van der Waals surface area (Å²) in [5, 5.41) is 8.80. The zero-order valence-corrected chi connectivity index (χ0v) is 7.00. The van der Waals surface area contributed by atoms with Crippen molar-refractivity contribution in [3.8, 4) is 0 Å². The summed E-state index contributed by atoms with van der Waals surface area (Å²) < 4.78 is 0. The Morgan fingerprint density at radius 1 is 1.73 bits per heavy atom. The van der Waals surface area contributed by atoms with E-state index in [1.54, 1.807) is 0 Å². The molecule has 0 aromatic rings. The van der Waals surface area contributed by atoms with Crippen LogP contribution in [0.5, 0.6) is 0 Å². The largest absolute Gasteiger partial charge is 0.481 e. The van der Waals surface area contributed by atoms with E-state index in [0.29, 0.717) is 5.92 Å². The highest BCUT2D eigenvalue weighted by molar-refractivity contribution is 5.71. The third-order valence-electron chi connectivity index (χ3n) is 2.38. The van der Waals surface area contributed by atoms with Crippen LogP contribution in [-0.2, 0) is 4.79 Å². The molecular weight excluding hydrogens is 140 g/mol. The highest BCUT2D eigenvalue weighted by Gasteiger charge is 2.26. The Labute approximate surface area is 66.9 Å². The minimum atomic E-state index is -0.648. The zero-order chi connectivity index (χ0) is 8.43. The number of carboxylic acid groups (broad SMARTS) is 1. The van der Waals surface area contributed by atoms with Gasteiger partial charge < -0.3 is 5.11 Å². The second-order valence-electron chi connectivity index (χ2n) is 3.41. The lowest BCUT2D eigenvalue weighted by molar-refractivity contribution is -0.143. The van der Waals surface area contributed by atoms with Gasteiger partial charge in [-0.05, 0) is 25.7 Å². The van der Waals surface area contributed by atoms with Crippen molar-refractivity contribution in [3.05, 3.63) is 11.6 Å². The van der Waals surface area contributed by atoms with E-state index in [0.717, 1.165) is 12.8 Å². The van der Waals surface area contributed by atoms with Crippen molar-refractivity contribution >= 4 is 5.97 Å². The van der Waals surface area contributed by atoms with Crippen LogP contribution >= 0.6 is 0 Å². The Morgan fingerprint density at radius 3 is 2.82 bits per heavy atom. The smallest absolute Gasteiger partial charge is 0.307 e. The first kappa shape index (κ1) is 8.31. The zero-order valence-electron chi connectivity index (χ0n) is 7.00. The van der Waals surface area contributed by atoms with Gasteiger partial charge in [-0.1, -0.05) is 18.6 Å². The summed E-state index contributed by atoms with van der Waals surface area (Å²) in [6.45, 7) is 4.00. The van der Waals surface area contributed by atoms with Gasteiger partial charge in [0.05, 0.1) is 5.92 Å². The first-order valence-electron chi connectivity index (χ1n) is 3.99. The number of hydrogen-bond donors (Lipinski definition) is 1. The third kappa shape index (κ3) is 1.82. The molecule has 0 amide bonds. The maximum absolute atomic E-state index is 10.7. The first-order valence-corrected chi connectivity index (χ1v) is 3.99. The lowest BCUT2D eigenvalue weighted by Crippen LogP contribution is -2.24. The minimum absolute atomic E-state index is 0.153. The molecule has 2 heteroatoms. The molecule has 2 nitrogen and oxygen atoms in total. The van der Waals surface area contributed by atoms with E-state index in [-0.39, 0.29) is 5.92 Å². The van der Waals surface area contributed by atoms with E-state index >= 15 is 0 Å². The van der Waals surface area contributed by atoms with Crippen molar-refractivity contribution in [1.29, 1.82) is 0 Å². The summed E-state index contributed by atoms with van der Waals surface area (Å²) in [6, 6.07) is 0. The molecule has 2 atom stereocenters. The van der Waals surface area contributed by atoms with Crippen LogP contribution in [-0.4, -0.2) is 11.1 Å². The summed E-state index contributed by atoms with van der Waals surface area (Å²) in [7, 11) is 0. The molecule has 1 N–H and O–H groups in total. The summed E-state index contributed by atoms with van der Waals surface area (Å²) in [5.41, 5.74) is 1.22. The molecule has 0 saturated heterocycles. The second-order valence-corrected chi connectivity index (χ2v) is 3.41. The van der Waals surface area contributed by atoms with Gasteiger partial charge in [-0.15, -0.1) is 0 Å². The quantitative estimate of drug-likeness (QED) is 0.587. The van der Waals surface area contributed by atoms with Crippen molar-refractivity contribution in [3.63, 3.8) is 0 Å². The Hall–Kier alpha value is -0.790. The number of carboxylic acids is 1. The van der Waals surface area contributed by atoms with Gasteiger partial charge in [-0.2, -0.15) is 0 Å². The van der Waals surface area contributed by atoms with Gasteiger partial charge in [0.2, 0.25) is 0 Å². The molecule has 1 aliphatic rings. The van der Waals surface area contributed by atoms with E-state index < -0.39 is 5.97 Å². The van der Waals surface area contributed by atoms with Crippen LogP contribution in [0.3, 0.4) is 0 Å². The maximum Gasteiger partial charge on any atom is 0.307 e. The van der Waals surface area contributed by atoms with E-state index in [1.165, 1.54) is 5.57 Å². The minimum Gasteiger partial charge on any atom is -0.481 e. The molecule has 0 fully saturated rings. The first-order chi connectivity index (χ1) is 5.11. The van der Waals surface area contributed by atoms with Crippen LogP contribution in [0.1, 0.15) is 26.7 Å². The van der Waals surface area contributed by atoms with Gasteiger partial charge in [-0.25, -0.2) is 0 Å². The third-order valence-corrected chi connectivity index (χ3v) is 2.38. The fraction of sp³-hybridized carbons (Fsp3) is 0.667. The highest BCUT2D eigenvalue weighted by atomic mass is 16.4. The molecule has 2 unspecified atom stereocenters. The molecule has 11 heavy (non-hydrogen) atoms. The lowest BCUT2D eigenvalue weighted by atomic mass is 9.81. The normalized spacial score (nSPS) is 31.3. The topological polar surface area (TPSA) is 37.3 Å². The number of carbonyl (C=O) groups is 1. The molecule has 1 aliphatic carbocycles. The summed E-state index contributed by atoms with van der Waals surface area (Å²) in [5.74, 6) is -0.499. The molecule has 0 bridgehead atoms. The Balaban J connectivity index is 2.67. The van der Waals surface area contributed by atoms with Crippen molar-refractivity contribution in [1.82, 2.24) is 0 Å². The van der Waals surface area contributed by atoms with Gasteiger partial charge >= 0.3 is 5.97 Å². The van der Waals surface area contributed by atoms with Crippen LogP contribution in [0.2, 0.25) is 0 Å². The van der Waals surface area contributed by atoms with Crippen molar-refractivity contribution in [2.75, 3.05) is 0 Å². The van der Waals surface area contributed by atoms with E-state index in [9.17, 15) is 4.79 Å². The average molecular weight is 154 g/mol. The number of hydrogen-bond acceptors (Lipinski definition) is 1. The molecule has 62 valence electrons. The van der Waals surface area contributed by atoms with Gasteiger partial charge in [0, 0.05) is 0 Å². The predicted molar refractivity (Wildman–Crippen MR) is 43.3 cm³/mol. The molecular formula is C9H14O2. The van der Waals surface area contributed by atoms with E-state index in [2.05, 4.69) is 6.08 Å². The van der Waals surface area contributed by atoms with E-state index in [4.69, 9.17) is 5.11 Å². The molecule has 0 spiro atoms. The Bertz CT molecular complexity index is 194. The summed E-state index contributed by atoms with van der Waals surface area (Å²) in [4.78, 5) is 10.7. The van der Waals surface area contributed by atoms with Gasteiger partial charge in [0.25, 0.3) is 0 Å². The summed E-state index contributed by atoms with van der Waals surface area (Å²) >= 11 is 0. The molecule has 0 heterocycles. The van der Waals surface area contributed by atoms with Gasteiger partial charge in [-0.3, -0.25) is 4.79 Å². The fourth-order valence-electron chi connectivity index (χ4n) is 1.51. The molecule has 0 aromatic carbocycles. The highest BCUT2D eigenvalue weighted by Crippen LogP contribution is 2.28. The summed E-state index contributed by atoms with van der Waals surface area (Å²) in [6.07, 6.45) is 3.80. The molecule has 1 rings (SSSR count). The van der Waals surface area contributed by atoms with Crippen LogP contribution in [0.4, 0.5) is 0 Å². The molecule has 0 radical (unpaired) electrons. The molecule has 0 saturated carbocycles. The second kappa shape index (κ2) is 3.07. The average Bonchev–Trinajstić information content (AvgIpc) is 1.94. The number of rotatable bonds is 1. The standard InChI is InChI=1S/C9H14O2/c1-6-3-4-7(2)8(5-6)9(10)11/h3,7-8H,4-5H2,1-2H3,(H,10,11). The molecule has 0 aromatic heterocycles. The SMILES string of the molecule is CC1=CCC(C)C(C(=O)O)C1. The van der Waals surface area contributed by atoms with E-state index in [1.807, 2.05) is 13.8 Å². The monoisotopic (exact) mass is 154 g/mol. The van der Waals surface area contributed by atoms with Crippen molar-refractivity contribution in [2.24, 2.45) is 11.8 Å². The van der Waals surface area contributed by atoms with Gasteiger partial charge in [0.15, 0.2) is 0 Å². The lowest BCUT2D eigenvalue weighted by Gasteiger charge is -2.23. The fourth-order valence-corrected chi connectivity index (χ4v) is 1.51. The maximum atomic E-state index is 10.7. The predicted octanol–water partition coefficient (Wildman–Crippen LogP) is 2.06.